The van der Waals surface area contributed by atoms with E-state index in [4.69, 9.17) is 11.6 Å². The van der Waals surface area contributed by atoms with Crippen LogP contribution in [-0.2, 0) is 0 Å². The van der Waals surface area contributed by atoms with Gasteiger partial charge in [-0.25, -0.2) is 9.78 Å². The van der Waals surface area contributed by atoms with E-state index in [-0.39, 0.29) is 6.03 Å². The number of aromatic nitrogens is 2. The quantitative estimate of drug-likeness (QED) is 0.715. The second-order valence-corrected chi connectivity index (χ2v) is 3.58. The van der Waals surface area contributed by atoms with Crippen molar-refractivity contribution in [1.29, 1.82) is 0 Å². The van der Waals surface area contributed by atoms with Crippen LogP contribution < -0.4 is 10.6 Å². The third-order valence-electron chi connectivity index (χ3n) is 2.06. The zero-order valence-electron chi connectivity index (χ0n) is 8.46. The summed E-state index contributed by atoms with van der Waals surface area (Å²) >= 11 is 5.46. The maximum Gasteiger partial charge on any atom is 0.319 e. The van der Waals surface area contributed by atoms with Crippen molar-refractivity contribution in [2.24, 2.45) is 0 Å². The average Bonchev–Trinajstić information content (AvgIpc) is 2.73. The van der Waals surface area contributed by atoms with Crippen LogP contribution in [0.4, 0.5) is 10.5 Å². The number of urea groups is 1. The van der Waals surface area contributed by atoms with Crippen LogP contribution in [0.5, 0.6) is 0 Å². The monoisotopic (exact) mass is 238 g/mol. The van der Waals surface area contributed by atoms with Crippen LogP contribution in [0.2, 0.25) is 0 Å². The molecule has 0 aliphatic rings. The first-order valence-corrected chi connectivity index (χ1v) is 5.37. The average molecular weight is 239 g/mol. The van der Waals surface area contributed by atoms with Crippen LogP contribution in [-0.4, -0.2) is 28.4 Å². The van der Waals surface area contributed by atoms with Crippen LogP contribution in [0.1, 0.15) is 0 Å². The number of alkyl halides is 1. The number of fused-ring (bicyclic) bond motifs is 1. The van der Waals surface area contributed by atoms with E-state index < -0.39 is 0 Å². The van der Waals surface area contributed by atoms with Gasteiger partial charge in [0.25, 0.3) is 0 Å². The van der Waals surface area contributed by atoms with Crippen molar-refractivity contribution < 1.29 is 4.79 Å². The zero-order chi connectivity index (χ0) is 11.4. The minimum absolute atomic E-state index is 0.264. The van der Waals surface area contributed by atoms with Gasteiger partial charge in [-0.05, 0) is 18.2 Å². The first-order valence-electron chi connectivity index (χ1n) is 4.83. The normalized spacial score (nSPS) is 10.3. The maximum absolute atomic E-state index is 11.3. The summed E-state index contributed by atoms with van der Waals surface area (Å²) in [5.41, 5.74) is 2.46. The van der Waals surface area contributed by atoms with Crippen molar-refractivity contribution in [1.82, 2.24) is 15.3 Å². The number of hydrogen-bond acceptors (Lipinski definition) is 2. The molecule has 0 spiro atoms. The molecule has 1 aromatic carbocycles. The molecule has 1 heterocycles. The van der Waals surface area contributed by atoms with E-state index in [1.54, 1.807) is 12.4 Å². The molecule has 0 atom stereocenters. The molecular formula is C10H11ClN4O. The summed E-state index contributed by atoms with van der Waals surface area (Å²) in [7, 11) is 0. The molecular weight excluding hydrogens is 228 g/mol. The molecule has 84 valence electrons. The Morgan fingerprint density at radius 2 is 2.38 bits per heavy atom. The number of halogens is 1. The first-order chi connectivity index (χ1) is 7.79. The van der Waals surface area contributed by atoms with Gasteiger partial charge in [0.2, 0.25) is 0 Å². The molecule has 0 saturated carbocycles. The highest BCUT2D eigenvalue weighted by Crippen LogP contribution is 2.15. The molecule has 0 saturated heterocycles. The number of H-pyrrole nitrogens is 1. The molecule has 0 fully saturated rings. The Kier molecular flexibility index (Phi) is 3.26. The third kappa shape index (κ3) is 2.43. The van der Waals surface area contributed by atoms with Crippen LogP contribution in [0.15, 0.2) is 24.5 Å². The number of aromatic amines is 1. The number of imidazole rings is 1. The molecule has 3 N–H and O–H groups in total. The van der Waals surface area contributed by atoms with Gasteiger partial charge in [-0.3, -0.25) is 0 Å². The lowest BCUT2D eigenvalue weighted by molar-refractivity contribution is 0.252. The maximum atomic E-state index is 11.3. The molecule has 2 aromatic rings. The number of carbonyl (C=O) groups is 1. The highest BCUT2D eigenvalue weighted by atomic mass is 35.5. The molecule has 2 rings (SSSR count). The summed E-state index contributed by atoms with van der Waals surface area (Å²) in [6.45, 7) is 0.444. The molecule has 0 aliphatic heterocycles. The summed E-state index contributed by atoms with van der Waals surface area (Å²) in [6, 6.07) is 5.19. The molecule has 16 heavy (non-hydrogen) atoms. The van der Waals surface area contributed by atoms with Gasteiger partial charge in [0, 0.05) is 18.1 Å². The summed E-state index contributed by atoms with van der Waals surface area (Å²) in [4.78, 5) is 18.4. The topological polar surface area (TPSA) is 69.8 Å². The molecule has 0 aliphatic carbocycles. The minimum Gasteiger partial charge on any atom is -0.345 e. The van der Waals surface area contributed by atoms with Crippen molar-refractivity contribution in [2.75, 3.05) is 17.7 Å². The van der Waals surface area contributed by atoms with E-state index >= 15 is 0 Å². The van der Waals surface area contributed by atoms with E-state index in [0.29, 0.717) is 18.1 Å². The van der Waals surface area contributed by atoms with Crippen LogP contribution in [0, 0.1) is 0 Å². The van der Waals surface area contributed by atoms with Gasteiger partial charge in [-0.15, -0.1) is 11.6 Å². The molecule has 0 bridgehead atoms. The fourth-order valence-electron chi connectivity index (χ4n) is 1.35. The number of carbonyl (C=O) groups excluding carboxylic acids is 1. The summed E-state index contributed by atoms with van der Waals surface area (Å²) in [5.74, 6) is 0.396. The van der Waals surface area contributed by atoms with Crippen LogP contribution >= 0.6 is 11.6 Å². The Hall–Kier alpha value is -1.75. The Balaban J connectivity index is 2.06. The molecule has 0 unspecified atom stereocenters. The molecule has 2 amide bonds. The highest BCUT2D eigenvalue weighted by molar-refractivity contribution is 6.18. The number of anilines is 1. The van der Waals surface area contributed by atoms with E-state index in [2.05, 4.69) is 20.6 Å². The largest absolute Gasteiger partial charge is 0.345 e. The zero-order valence-corrected chi connectivity index (χ0v) is 9.21. The van der Waals surface area contributed by atoms with Crippen LogP contribution in [0.3, 0.4) is 0 Å². The fourth-order valence-corrected chi connectivity index (χ4v) is 1.44. The van der Waals surface area contributed by atoms with E-state index in [0.717, 1.165) is 11.0 Å². The molecule has 6 heteroatoms. The van der Waals surface area contributed by atoms with Crippen LogP contribution in [0.25, 0.3) is 11.0 Å². The molecule has 0 radical (unpaired) electrons. The van der Waals surface area contributed by atoms with E-state index in [1.165, 1.54) is 0 Å². The summed E-state index contributed by atoms with van der Waals surface area (Å²) in [5, 5.41) is 5.32. The van der Waals surface area contributed by atoms with Crippen molar-refractivity contribution in [3.05, 3.63) is 24.5 Å². The Morgan fingerprint density at radius 3 is 3.19 bits per heavy atom. The third-order valence-corrected chi connectivity index (χ3v) is 2.25. The smallest absolute Gasteiger partial charge is 0.319 e. The van der Waals surface area contributed by atoms with Crippen molar-refractivity contribution in [2.45, 2.75) is 0 Å². The Labute approximate surface area is 97.2 Å². The molecule has 5 nitrogen and oxygen atoms in total. The predicted molar refractivity (Wildman–Crippen MR) is 63.8 cm³/mol. The highest BCUT2D eigenvalue weighted by Gasteiger charge is 2.02. The van der Waals surface area contributed by atoms with Gasteiger partial charge >= 0.3 is 6.03 Å². The second-order valence-electron chi connectivity index (χ2n) is 3.20. The Bertz CT molecular complexity index is 496. The van der Waals surface area contributed by atoms with Gasteiger partial charge < -0.3 is 15.6 Å². The van der Waals surface area contributed by atoms with Gasteiger partial charge in [0.05, 0.1) is 17.4 Å². The SMILES string of the molecule is O=C(NCCCl)Nc1ccc2nc[nH]c2c1. The number of amides is 2. The number of benzene rings is 1. The predicted octanol–water partition coefficient (Wildman–Crippen LogP) is 1.92. The Morgan fingerprint density at radius 1 is 1.50 bits per heavy atom. The number of nitrogens with one attached hydrogen (secondary N) is 3. The number of hydrogen-bond donors (Lipinski definition) is 3. The summed E-state index contributed by atoms with van der Waals surface area (Å²) < 4.78 is 0. The van der Waals surface area contributed by atoms with E-state index in [1.807, 2.05) is 12.1 Å². The standard InChI is InChI=1S/C10H11ClN4O/c11-3-4-12-10(16)15-7-1-2-8-9(5-7)14-6-13-8/h1-2,5-6H,3-4H2,(H,13,14)(H2,12,15,16). The fraction of sp³-hybridized carbons (Fsp3) is 0.200. The van der Waals surface area contributed by atoms with Gasteiger partial charge in [-0.1, -0.05) is 0 Å². The lowest BCUT2D eigenvalue weighted by Gasteiger charge is -2.05. The molecule has 1 aromatic heterocycles. The van der Waals surface area contributed by atoms with E-state index in [9.17, 15) is 4.79 Å². The number of nitrogens with zero attached hydrogens (tertiary/aromatic N) is 1. The van der Waals surface area contributed by atoms with Crippen molar-refractivity contribution >= 4 is 34.4 Å². The van der Waals surface area contributed by atoms with Gasteiger partial charge in [0.15, 0.2) is 0 Å². The summed E-state index contributed by atoms with van der Waals surface area (Å²) in [6.07, 6.45) is 1.61. The van der Waals surface area contributed by atoms with Gasteiger partial charge in [0.1, 0.15) is 0 Å². The minimum atomic E-state index is -0.264. The lowest BCUT2D eigenvalue weighted by Crippen LogP contribution is -2.30. The first kappa shape index (κ1) is 10.8. The number of rotatable bonds is 3. The van der Waals surface area contributed by atoms with Crippen molar-refractivity contribution in [3.8, 4) is 0 Å². The second kappa shape index (κ2) is 4.85. The lowest BCUT2D eigenvalue weighted by atomic mass is 10.3. The van der Waals surface area contributed by atoms with Crippen molar-refractivity contribution in [3.63, 3.8) is 0 Å². The van der Waals surface area contributed by atoms with Gasteiger partial charge in [-0.2, -0.15) is 0 Å².